The summed E-state index contributed by atoms with van der Waals surface area (Å²) in [4.78, 5) is 9.36. The zero-order valence-electron chi connectivity index (χ0n) is 18.0. The van der Waals surface area contributed by atoms with Crippen molar-refractivity contribution in [3.63, 3.8) is 0 Å². The molecule has 2 heterocycles. The van der Waals surface area contributed by atoms with E-state index in [1.807, 2.05) is 0 Å². The Balaban J connectivity index is 1.50. The summed E-state index contributed by atoms with van der Waals surface area (Å²) in [5, 5.41) is 2.41. The maximum absolute atomic E-state index is 6.54. The molecule has 0 saturated carbocycles. The monoisotopic (exact) mass is 424 g/mol. The van der Waals surface area contributed by atoms with Gasteiger partial charge in [-0.05, 0) is 52.4 Å². The Hall–Kier alpha value is -4.24. The number of rotatable bonds is 2. The minimum Gasteiger partial charge on any atom is -0.452 e. The first-order chi connectivity index (χ1) is 16.4. The molecule has 7 rings (SSSR count). The van der Waals surface area contributed by atoms with Crippen LogP contribution in [-0.4, -0.2) is 9.97 Å². The second-order valence-corrected chi connectivity index (χ2v) is 8.58. The third kappa shape index (κ3) is 2.82. The van der Waals surface area contributed by atoms with Crippen molar-refractivity contribution in [2.75, 3.05) is 0 Å². The Morgan fingerprint density at radius 3 is 2.42 bits per heavy atom. The maximum Gasteiger partial charge on any atom is 0.179 e. The van der Waals surface area contributed by atoms with Crippen LogP contribution in [0.5, 0.6) is 0 Å². The van der Waals surface area contributed by atoms with Crippen molar-refractivity contribution in [1.82, 2.24) is 9.97 Å². The zero-order chi connectivity index (χ0) is 21.8. The summed E-state index contributed by atoms with van der Waals surface area (Å²) in [6.07, 6.45) is 3.61. The highest BCUT2D eigenvalue weighted by molar-refractivity contribution is 6.02. The van der Waals surface area contributed by atoms with Crippen molar-refractivity contribution < 1.29 is 4.42 Å². The van der Waals surface area contributed by atoms with Crippen LogP contribution in [0.15, 0.2) is 102 Å². The van der Waals surface area contributed by atoms with Crippen LogP contribution in [0.3, 0.4) is 0 Å². The summed E-state index contributed by atoms with van der Waals surface area (Å²) >= 11 is 0. The lowest BCUT2D eigenvalue weighted by Gasteiger charge is -2.14. The summed E-state index contributed by atoms with van der Waals surface area (Å²) in [6.45, 7) is 0. The van der Waals surface area contributed by atoms with Gasteiger partial charge in [-0.2, -0.15) is 0 Å². The van der Waals surface area contributed by atoms with E-state index >= 15 is 0 Å². The molecule has 3 nitrogen and oxygen atoms in total. The van der Waals surface area contributed by atoms with Gasteiger partial charge in [0.1, 0.15) is 23.3 Å². The van der Waals surface area contributed by atoms with E-state index in [1.54, 1.807) is 6.33 Å². The summed E-state index contributed by atoms with van der Waals surface area (Å²) in [6, 6.07) is 32.0. The normalized spacial score (nSPS) is 12.6. The molecule has 0 radical (unpaired) electrons. The van der Waals surface area contributed by atoms with Gasteiger partial charge in [0.15, 0.2) is 5.58 Å². The molecule has 3 heteroatoms. The minimum atomic E-state index is 0.772. The van der Waals surface area contributed by atoms with Crippen LogP contribution < -0.4 is 0 Å². The van der Waals surface area contributed by atoms with Gasteiger partial charge in [0.2, 0.25) is 0 Å². The van der Waals surface area contributed by atoms with Gasteiger partial charge in [-0.1, -0.05) is 78.9 Å². The van der Waals surface area contributed by atoms with E-state index in [4.69, 9.17) is 9.40 Å². The third-order valence-corrected chi connectivity index (χ3v) is 6.69. The van der Waals surface area contributed by atoms with Crippen molar-refractivity contribution in [1.29, 1.82) is 0 Å². The van der Waals surface area contributed by atoms with Crippen molar-refractivity contribution in [3.8, 4) is 33.7 Å². The summed E-state index contributed by atoms with van der Waals surface area (Å²) in [7, 11) is 0. The Labute approximate surface area is 191 Å². The first-order valence-corrected chi connectivity index (χ1v) is 11.3. The number of fused-ring (bicyclic) bond motifs is 6. The number of hydrogen-bond donors (Lipinski definition) is 0. The van der Waals surface area contributed by atoms with Crippen molar-refractivity contribution >= 4 is 21.9 Å². The van der Waals surface area contributed by atoms with Crippen LogP contribution in [0.1, 0.15) is 11.1 Å². The molecule has 6 aromatic rings. The van der Waals surface area contributed by atoms with Gasteiger partial charge in [0, 0.05) is 16.7 Å². The van der Waals surface area contributed by atoms with Crippen LogP contribution in [0, 0.1) is 0 Å². The van der Waals surface area contributed by atoms with Gasteiger partial charge in [-0.3, -0.25) is 0 Å². The van der Waals surface area contributed by atoms with Gasteiger partial charge in [-0.15, -0.1) is 0 Å². The number of benzene rings is 4. The maximum atomic E-state index is 6.54. The van der Waals surface area contributed by atoms with E-state index in [0.717, 1.165) is 41.0 Å². The highest BCUT2D eigenvalue weighted by Gasteiger charge is 2.25. The molecule has 0 spiro atoms. The van der Waals surface area contributed by atoms with Gasteiger partial charge in [0.05, 0.1) is 0 Å². The van der Waals surface area contributed by atoms with Crippen molar-refractivity contribution in [3.05, 3.63) is 108 Å². The molecule has 0 bridgehead atoms. The standard InChI is InChI=1S/C30H20N2O/c1-2-8-19(9-3-1)26-17-22(16-21-11-5-6-12-23(21)26)27-30-28(32-18-31-27)25-15-14-20-10-4-7-13-24(20)29(25)33-30/h1-13,16-18H,14-15H2. The molecule has 0 fully saturated rings. The number of aromatic nitrogens is 2. The van der Waals surface area contributed by atoms with Crippen molar-refractivity contribution in [2.45, 2.75) is 12.8 Å². The first-order valence-electron chi connectivity index (χ1n) is 11.3. The molecule has 2 aromatic heterocycles. The molecule has 4 aromatic carbocycles. The van der Waals surface area contributed by atoms with Crippen LogP contribution >= 0.6 is 0 Å². The van der Waals surface area contributed by atoms with E-state index < -0.39 is 0 Å². The summed E-state index contributed by atoms with van der Waals surface area (Å²) in [5.41, 5.74) is 9.66. The van der Waals surface area contributed by atoms with E-state index in [2.05, 4.69) is 96.0 Å². The second kappa shape index (κ2) is 7.14. The zero-order valence-corrected chi connectivity index (χ0v) is 18.0. The highest BCUT2D eigenvalue weighted by Crippen LogP contribution is 2.42. The first kappa shape index (κ1) is 18.3. The van der Waals surface area contributed by atoms with Gasteiger partial charge in [-0.25, -0.2) is 9.97 Å². The number of aryl methyl sites for hydroxylation is 2. The average Bonchev–Trinajstić information content (AvgIpc) is 3.28. The predicted octanol–water partition coefficient (Wildman–Crippen LogP) is 7.48. The van der Waals surface area contributed by atoms with Crippen LogP contribution in [-0.2, 0) is 12.8 Å². The smallest absolute Gasteiger partial charge is 0.179 e. The molecule has 0 N–H and O–H groups in total. The number of hydrogen-bond acceptors (Lipinski definition) is 3. The summed E-state index contributed by atoms with van der Waals surface area (Å²) in [5.74, 6) is 0.942. The number of nitrogens with zero attached hydrogens (tertiary/aromatic N) is 2. The van der Waals surface area contributed by atoms with Crippen LogP contribution in [0.2, 0.25) is 0 Å². The Bertz CT molecular complexity index is 1660. The fourth-order valence-electron chi connectivity index (χ4n) is 5.14. The van der Waals surface area contributed by atoms with Gasteiger partial charge in [0.25, 0.3) is 0 Å². The van der Waals surface area contributed by atoms with E-state index in [-0.39, 0.29) is 0 Å². The van der Waals surface area contributed by atoms with E-state index in [9.17, 15) is 0 Å². The molecule has 0 amide bonds. The molecular formula is C30H20N2O. The highest BCUT2D eigenvalue weighted by atomic mass is 16.3. The quantitative estimate of drug-likeness (QED) is 0.289. The fourth-order valence-corrected chi connectivity index (χ4v) is 5.14. The molecule has 1 aliphatic carbocycles. The molecule has 1 aliphatic rings. The molecule has 0 atom stereocenters. The lowest BCUT2D eigenvalue weighted by Crippen LogP contribution is -2.01. The summed E-state index contributed by atoms with van der Waals surface area (Å²) < 4.78 is 6.54. The lowest BCUT2D eigenvalue weighted by atomic mass is 9.90. The topological polar surface area (TPSA) is 38.9 Å². The largest absolute Gasteiger partial charge is 0.452 e. The Kier molecular flexibility index (Phi) is 3.97. The SMILES string of the molecule is c1ccc(-c2cc(-c3ncnc4c5c(oc34)-c3ccccc3CC5)cc3ccccc23)cc1. The van der Waals surface area contributed by atoms with E-state index in [0.29, 0.717) is 0 Å². The van der Waals surface area contributed by atoms with Crippen LogP contribution in [0.25, 0.3) is 55.6 Å². The van der Waals surface area contributed by atoms with Gasteiger partial charge < -0.3 is 4.42 Å². The molecule has 156 valence electrons. The second-order valence-electron chi connectivity index (χ2n) is 8.58. The van der Waals surface area contributed by atoms with Gasteiger partial charge >= 0.3 is 0 Å². The minimum absolute atomic E-state index is 0.772. The number of furan rings is 1. The molecular weight excluding hydrogens is 404 g/mol. The van der Waals surface area contributed by atoms with Crippen molar-refractivity contribution in [2.24, 2.45) is 0 Å². The Morgan fingerprint density at radius 1 is 0.667 bits per heavy atom. The van der Waals surface area contributed by atoms with E-state index in [1.165, 1.54) is 38.6 Å². The molecule has 33 heavy (non-hydrogen) atoms. The molecule has 0 saturated heterocycles. The van der Waals surface area contributed by atoms with Crippen LogP contribution in [0.4, 0.5) is 0 Å². The predicted molar refractivity (Wildman–Crippen MR) is 133 cm³/mol. The Morgan fingerprint density at radius 2 is 1.48 bits per heavy atom. The fraction of sp³-hybridized carbons (Fsp3) is 0.0667. The lowest BCUT2D eigenvalue weighted by molar-refractivity contribution is 0.620. The molecule has 0 unspecified atom stereocenters. The average molecular weight is 425 g/mol. The molecule has 0 aliphatic heterocycles. The third-order valence-electron chi connectivity index (χ3n) is 6.69.